The molecular weight excluding hydrogens is 200 g/mol. The van der Waals surface area contributed by atoms with Crippen molar-refractivity contribution in [3.63, 3.8) is 0 Å². The number of pyridine rings is 1. The molecule has 2 atom stereocenters. The molecule has 0 bridgehead atoms. The average molecular weight is 220 g/mol. The van der Waals surface area contributed by atoms with Crippen LogP contribution in [0.1, 0.15) is 38.3 Å². The summed E-state index contributed by atoms with van der Waals surface area (Å²) in [5, 5.41) is 13.0. The highest BCUT2D eigenvalue weighted by Gasteiger charge is 2.41. The monoisotopic (exact) mass is 220 g/mol. The van der Waals surface area contributed by atoms with E-state index >= 15 is 0 Å². The number of rotatable bonds is 5. The molecule has 1 aromatic heterocycles. The van der Waals surface area contributed by atoms with E-state index in [1.54, 1.807) is 6.20 Å². The van der Waals surface area contributed by atoms with Crippen LogP contribution >= 0.6 is 0 Å². The summed E-state index contributed by atoms with van der Waals surface area (Å²) in [7, 11) is 0. The van der Waals surface area contributed by atoms with Gasteiger partial charge in [0.1, 0.15) is 0 Å². The minimum absolute atomic E-state index is 0.144. The van der Waals surface area contributed by atoms with E-state index in [0.717, 1.165) is 0 Å². The highest BCUT2D eigenvalue weighted by Crippen LogP contribution is 2.40. The van der Waals surface area contributed by atoms with Gasteiger partial charge < -0.3 is 10.4 Å². The lowest BCUT2D eigenvalue weighted by Crippen LogP contribution is -2.48. The van der Waals surface area contributed by atoms with Crippen molar-refractivity contribution < 1.29 is 5.11 Å². The van der Waals surface area contributed by atoms with Crippen LogP contribution in [0.3, 0.4) is 0 Å². The predicted molar refractivity (Wildman–Crippen MR) is 64.0 cm³/mol. The number of aliphatic hydroxyl groups is 1. The number of nitrogens with zero attached hydrogens (tertiary/aromatic N) is 1. The van der Waals surface area contributed by atoms with Gasteiger partial charge in [0.15, 0.2) is 0 Å². The van der Waals surface area contributed by atoms with E-state index in [1.165, 1.54) is 18.4 Å². The van der Waals surface area contributed by atoms with Gasteiger partial charge in [0.25, 0.3) is 0 Å². The summed E-state index contributed by atoms with van der Waals surface area (Å²) in [4.78, 5) is 4.12. The Bertz CT molecular complexity index is 337. The number of aliphatic hydroxyl groups excluding tert-OH is 1. The summed E-state index contributed by atoms with van der Waals surface area (Å²) in [6.07, 6.45) is 6.11. The van der Waals surface area contributed by atoms with Gasteiger partial charge in [-0.25, -0.2) is 0 Å². The molecule has 2 N–H and O–H groups in total. The van der Waals surface area contributed by atoms with Crippen LogP contribution < -0.4 is 5.32 Å². The molecule has 1 aliphatic rings. The van der Waals surface area contributed by atoms with Crippen molar-refractivity contribution in [2.24, 2.45) is 5.92 Å². The van der Waals surface area contributed by atoms with Crippen LogP contribution in [0.15, 0.2) is 24.5 Å². The van der Waals surface area contributed by atoms with Gasteiger partial charge in [0, 0.05) is 24.0 Å². The zero-order valence-corrected chi connectivity index (χ0v) is 9.98. The van der Waals surface area contributed by atoms with Gasteiger partial charge in [0.05, 0.1) is 6.61 Å². The SMILES string of the molecule is CC(NC(C)(CO)C1CC1)c1cccnc1. The molecule has 0 radical (unpaired) electrons. The minimum Gasteiger partial charge on any atom is -0.394 e. The third kappa shape index (κ3) is 2.42. The van der Waals surface area contributed by atoms with E-state index in [9.17, 15) is 5.11 Å². The summed E-state index contributed by atoms with van der Waals surface area (Å²) in [5.74, 6) is 0.622. The van der Waals surface area contributed by atoms with Crippen LogP contribution in [-0.2, 0) is 0 Å². The normalized spacial score (nSPS) is 21.4. The van der Waals surface area contributed by atoms with E-state index in [0.29, 0.717) is 5.92 Å². The number of hydrogen-bond acceptors (Lipinski definition) is 3. The molecule has 2 unspecified atom stereocenters. The Morgan fingerprint density at radius 3 is 2.88 bits per heavy atom. The quantitative estimate of drug-likeness (QED) is 0.796. The molecule has 1 heterocycles. The lowest BCUT2D eigenvalue weighted by atomic mass is 9.94. The van der Waals surface area contributed by atoms with Crippen molar-refractivity contribution >= 4 is 0 Å². The molecule has 0 amide bonds. The van der Waals surface area contributed by atoms with Gasteiger partial charge in [-0.2, -0.15) is 0 Å². The Labute approximate surface area is 96.9 Å². The van der Waals surface area contributed by atoms with Gasteiger partial charge in [-0.3, -0.25) is 4.98 Å². The maximum atomic E-state index is 9.51. The molecule has 0 aliphatic heterocycles. The molecule has 0 saturated heterocycles. The van der Waals surface area contributed by atoms with E-state index in [4.69, 9.17) is 0 Å². The van der Waals surface area contributed by atoms with E-state index < -0.39 is 0 Å². The van der Waals surface area contributed by atoms with E-state index in [-0.39, 0.29) is 18.2 Å². The van der Waals surface area contributed by atoms with Crippen LogP contribution in [0.2, 0.25) is 0 Å². The zero-order valence-electron chi connectivity index (χ0n) is 9.98. The number of hydrogen-bond donors (Lipinski definition) is 2. The van der Waals surface area contributed by atoms with Crippen LogP contribution in [0.5, 0.6) is 0 Å². The number of aromatic nitrogens is 1. The standard InChI is InChI=1S/C13H20N2O/c1-10(11-4-3-7-14-8-11)15-13(2,9-16)12-5-6-12/h3-4,7-8,10,12,15-16H,5-6,9H2,1-2H3. The maximum Gasteiger partial charge on any atom is 0.0613 e. The first kappa shape index (κ1) is 11.6. The fraction of sp³-hybridized carbons (Fsp3) is 0.615. The molecule has 16 heavy (non-hydrogen) atoms. The summed E-state index contributed by atoms with van der Waals surface area (Å²) >= 11 is 0. The van der Waals surface area contributed by atoms with Crippen molar-refractivity contribution in [3.8, 4) is 0 Å². The van der Waals surface area contributed by atoms with Crippen molar-refractivity contribution in [2.75, 3.05) is 6.61 Å². The summed E-state index contributed by atoms with van der Waals surface area (Å²) in [6, 6.07) is 4.24. The van der Waals surface area contributed by atoms with Crippen molar-refractivity contribution in [1.82, 2.24) is 10.3 Å². The predicted octanol–water partition coefficient (Wildman–Crippen LogP) is 1.89. The second-order valence-electron chi connectivity index (χ2n) is 5.00. The van der Waals surface area contributed by atoms with Gasteiger partial charge in [0.2, 0.25) is 0 Å². The van der Waals surface area contributed by atoms with Gasteiger partial charge in [-0.05, 0) is 44.2 Å². The molecule has 1 aromatic rings. The molecule has 0 aromatic carbocycles. The number of nitrogens with one attached hydrogen (secondary N) is 1. The Hall–Kier alpha value is -0.930. The highest BCUT2D eigenvalue weighted by atomic mass is 16.3. The molecule has 1 fully saturated rings. The van der Waals surface area contributed by atoms with Crippen molar-refractivity contribution in [1.29, 1.82) is 0 Å². The summed E-state index contributed by atoms with van der Waals surface area (Å²) in [5.41, 5.74) is 1.03. The van der Waals surface area contributed by atoms with Crippen LogP contribution in [-0.4, -0.2) is 22.2 Å². The topological polar surface area (TPSA) is 45.1 Å². The molecule has 2 rings (SSSR count). The molecular formula is C13H20N2O. The fourth-order valence-electron chi connectivity index (χ4n) is 2.22. The van der Waals surface area contributed by atoms with Crippen LogP contribution in [0.25, 0.3) is 0 Å². The second kappa shape index (κ2) is 4.52. The van der Waals surface area contributed by atoms with E-state index in [2.05, 4.69) is 30.2 Å². The molecule has 0 spiro atoms. The highest BCUT2D eigenvalue weighted by molar-refractivity contribution is 5.14. The van der Waals surface area contributed by atoms with Crippen molar-refractivity contribution in [3.05, 3.63) is 30.1 Å². The third-order valence-corrected chi connectivity index (χ3v) is 3.54. The Kier molecular flexibility index (Phi) is 3.26. The Morgan fingerprint density at radius 1 is 1.62 bits per heavy atom. The fourth-order valence-corrected chi connectivity index (χ4v) is 2.22. The third-order valence-electron chi connectivity index (χ3n) is 3.54. The Morgan fingerprint density at radius 2 is 2.38 bits per heavy atom. The molecule has 3 nitrogen and oxygen atoms in total. The first-order valence-electron chi connectivity index (χ1n) is 5.94. The lowest BCUT2D eigenvalue weighted by Gasteiger charge is -2.32. The maximum absolute atomic E-state index is 9.51. The first-order chi connectivity index (χ1) is 7.65. The minimum atomic E-state index is -0.144. The first-order valence-corrected chi connectivity index (χ1v) is 5.94. The smallest absolute Gasteiger partial charge is 0.0613 e. The summed E-state index contributed by atoms with van der Waals surface area (Å²) in [6.45, 7) is 4.42. The van der Waals surface area contributed by atoms with Gasteiger partial charge in [-0.15, -0.1) is 0 Å². The lowest BCUT2D eigenvalue weighted by molar-refractivity contribution is 0.144. The second-order valence-corrected chi connectivity index (χ2v) is 5.00. The molecule has 88 valence electrons. The molecule has 3 heteroatoms. The van der Waals surface area contributed by atoms with E-state index in [1.807, 2.05) is 12.3 Å². The summed E-state index contributed by atoms with van der Waals surface area (Å²) < 4.78 is 0. The zero-order chi connectivity index (χ0) is 11.6. The van der Waals surface area contributed by atoms with Crippen LogP contribution in [0, 0.1) is 5.92 Å². The van der Waals surface area contributed by atoms with Gasteiger partial charge in [-0.1, -0.05) is 6.07 Å². The average Bonchev–Trinajstić information content (AvgIpc) is 3.14. The molecule has 1 aliphatic carbocycles. The van der Waals surface area contributed by atoms with Crippen molar-refractivity contribution in [2.45, 2.75) is 38.3 Å². The van der Waals surface area contributed by atoms with Crippen LogP contribution in [0.4, 0.5) is 0 Å². The van der Waals surface area contributed by atoms with Gasteiger partial charge >= 0.3 is 0 Å². The molecule has 1 saturated carbocycles. The Balaban J connectivity index is 2.03. The largest absolute Gasteiger partial charge is 0.394 e.